The fourth-order valence-electron chi connectivity index (χ4n) is 2.21. The lowest BCUT2D eigenvalue weighted by atomic mass is 10.0. The molecule has 0 fully saturated rings. The molecule has 0 saturated carbocycles. The minimum atomic E-state index is -0.390. The molecule has 1 aromatic carbocycles. The molecule has 0 atom stereocenters. The van der Waals surface area contributed by atoms with Crippen LogP contribution in [0.5, 0.6) is 0 Å². The van der Waals surface area contributed by atoms with Crippen LogP contribution in [-0.4, -0.2) is 34.4 Å². The van der Waals surface area contributed by atoms with E-state index in [9.17, 15) is 10.1 Å². The molecule has 2 heterocycles. The number of hydrogen-bond acceptors (Lipinski definition) is 5. The highest BCUT2D eigenvalue weighted by Crippen LogP contribution is 2.28. The maximum absolute atomic E-state index is 10.8. The van der Waals surface area contributed by atoms with Gasteiger partial charge in [-0.2, -0.15) is 0 Å². The van der Waals surface area contributed by atoms with Crippen LogP contribution in [0.25, 0.3) is 0 Å². The Labute approximate surface area is 134 Å². The first-order chi connectivity index (χ1) is 10.6. The Morgan fingerprint density at radius 1 is 1.27 bits per heavy atom. The van der Waals surface area contributed by atoms with E-state index in [4.69, 9.17) is 0 Å². The number of aliphatic imine (C=N–C) groups is 2. The predicted octanol–water partition coefficient (Wildman–Crippen LogP) is 3.04. The molecule has 0 saturated heterocycles. The Balaban J connectivity index is 2.13. The number of fused-ring (bicyclic) bond motifs is 1. The predicted molar refractivity (Wildman–Crippen MR) is 87.8 cm³/mol. The van der Waals surface area contributed by atoms with E-state index >= 15 is 0 Å². The zero-order valence-electron chi connectivity index (χ0n) is 11.4. The summed E-state index contributed by atoms with van der Waals surface area (Å²) in [5, 5.41) is 10.8. The van der Waals surface area contributed by atoms with Crippen LogP contribution in [0.2, 0.25) is 0 Å². The minimum Gasteiger partial charge on any atom is -0.276 e. The molecular formula is C15H11BrN4O2. The molecule has 6 nitrogen and oxygen atoms in total. The van der Waals surface area contributed by atoms with Crippen molar-refractivity contribution in [3.05, 3.63) is 68.4 Å². The van der Waals surface area contributed by atoms with Gasteiger partial charge in [-0.15, -0.1) is 0 Å². The standard InChI is InChI=1S/C15H11BrN4O2/c16-10-4-5-13-12(7-10)15(14-3-1-2-6-17-14)18-8-11(19-13)9-20(21)22/h1-7H,8-9H2. The first-order valence-corrected chi connectivity index (χ1v) is 7.37. The maximum Gasteiger partial charge on any atom is 0.243 e. The monoisotopic (exact) mass is 358 g/mol. The van der Waals surface area contributed by atoms with E-state index in [-0.39, 0.29) is 13.1 Å². The van der Waals surface area contributed by atoms with E-state index in [1.54, 1.807) is 6.20 Å². The van der Waals surface area contributed by atoms with Crippen molar-refractivity contribution in [3.8, 4) is 0 Å². The van der Waals surface area contributed by atoms with Gasteiger partial charge in [-0.1, -0.05) is 22.0 Å². The van der Waals surface area contributed by atoms with Gasteiger partial charge in [0.2, 0.25) is 6.54 Å². The van der Waals surface area contributed by atoms with Crippen LogP contribution in [0.4, 0.5) is 5.69 Å². The van der Waals surface area contributed by atoms with Gasteiger partial charge in [0.05, 0.1) is 23.6 Å². The van der Waals surface area contributed by atoms with Crippen LogP contribution < -0.4 is 0 Å². The van der Waals surface area contributed by atoms with Crippen LogP contribution in [-0.2, 0) is 0 Å². The first-order valence-electron chi connectivity index (χ1n) is 6.57. The molecule has 1 aliphatic heterocycles. The molecule has 110 valence electrons. The average Bonchev–Trinajstić information content (AvgIpc) is 2.66. The summed E-state index contributed by atoms with van der Waals surface area (Å²) in [5.74, 6) is 0. The zero-order chi connectivity index (χ0) is 15.5. The molecule has 0 N–H and O–H groups in total. The number of pyridine rings is 1. The summed E-state index contributed by atoms with van der Waals surface area (Å²) in [5.41, 5.74) is 3.33. The Hall–Kier alpha value is -2.41. The lowest BCUT2D eigenvalue weighted by Crippen LogP contribution is -2.16. The van der Waals surface area contributed by atoms with Crippen LogP contribution in [0.1, 0.15) is 11.3 Å². The van der Waals surface area contributed by atoms with Crippen molar-refractivity contribution >= 4 is 33.0 Å². The summed E-state index contributed by atoms with van der Waals surface area (Å²) in [6.07, 6.45) is 1.69. The maximum atomic E-state index is 10.8. The summed E-state index contributed by atoms with van der Waals surface area (Å²) in [7, 11) is 0. The second kappa shape index (κ2) is 6.15. The van der Waals surface area contributed by atoms with Crippen LogP contribution in [0.3, 0.4) is 0 Å². The van der Waals surface area contributed by atoms with E-state index < -0.39 is 4.92 Å². The summed E-state index contributed by atoms with van der Waals surface area (Å²) < 4.78 is 0.891. The minimum absolute atomic E-state index is 0.194. The van der Waals surface area contributed by atoms with Crippen molar-refractivity contribution in [3.63, 3.8) is 0 Å². The SMILES string of the molecule is O=[N+]([O-])CC1=Nc2ccc(Br)cc2C(c2ccccn2)=NC1. The average molecular weight is 359 g/mol. The molecule has 0 radical (unpaired) electrons. The Bertz CT molecular complexity index is 787. The van der Waals surface area contributed by atoms with Crippen molar-refractivity contribution in [2.24, 2.45) is 9.98 Å². The smallest absolute Gasteiger partial charge is 0.243 e. The largest absolute Gasteiger partial charge is 0.276 e. The molecule has 1 aromatic heterocycles. The highest BCUT2D eigenvalue weighted by molar-refractivity contribution is 9.10. The fourth-order valence-corrected chi connectivity index (χ4v) is 2.57. The van der Waals surface area contributed by atoms with Crippen LogP contribution >= 0.6 is 15.9 Å². The Morgan fingerprint density at radius 2 is 2.14 bits per heavy atom. The number of benzene rings is 1. The fraction of sp³-hybridized carbons (Fsp3) is 0.133. The number of hydrogen-bond donors (Lipinski definition) is 0. The first kappa shape index (κ1) is 14.5. The summed E-state index contributed by atoms with van der Waals surface area (Å²) in [4.78, 5) is 23.6. The van der Waals surface area contributed by atoms with Crippen molar-refractivity contribution in [1.29, 1.82) is 0 Å². The van der Waals surface area contributed by atoms with Gasteiger partial charge in [0.15, 0.2) is 0 Å². The summed E-state index contributed by atoms with van der Waals surface area (Å²) >= 11 is 3.44. The van der Waals surface area contributed by atoms with E-state index in [0.717, 1.165) is 15.7 Å². The van der Waals surface area contributed by atoms with Crippen molar-refractivity contribution in [2.75, 3.05) is 13.1 Å². The number of nitro groups is 1. The number of nitrogens with zero attached hydrogens (tertiary/aromatic N) is 4. The second-order valence-electron chi connectivity index (χ2n) is 4.71. The van der Waals surface area contributed by atoms with E-state index in [1.165, 1.54) is 0 Å². The lowest BCUT2D eigenvalue weighted by molar-refractivity contribution is -0.463. The third kappa shape index (κ3) is 3.09. The van der Waals surface area contributed by atoms with E-state index in [2.05, 4.69) is 30.9 Å². The molecule has 22 heavy (non-hydrogen) atoms. The van der Waals surface area contributed by atoms with Gasteiger partial charge in [0.25, 0.3) is 0 Å². The van der Waals surface area contributed by atoms with Crippen molar-refractivity contribution < 1.29 is 4.92 Å². The highest BCUT2D eigenvalue weighted by Gasteiger charge is 2.19. The third-order valence-corrected chi connectivity index (χ3v) is 3.62. The normalized spacial score (nSPS) is 13.7. The van der Waals surface area contributed by atoms with E-state index in [1.807, 2.05) is 36.4 Å². The molecular weight excluding hydrogens is 348 g/mol. The summed E-state index contributed by atoms with van der Waals surface area (Å²) in [6, 6.07) is 11.2. The lowest BCUT2D eigenvalue weighted by Gasteiger charge is -2.07. The highest BCUT2D eigenvalue weighted by atomic mass is 79.9. The summed E-state index contributed by atoms with van der Waals surface area (Å²) in [6.45, 7) is -0.117. The molecule has 3 rings (SSSR count). The second-order valence-corrected chi connectivity index (χ2v) is 5.63. The number of rotatable bonds is 3. The Kier molecular flexibility index (Phi) is 4.06. The molecule has 0 aliphatic carbocycles. The van der Waals surface area contributed by atoms with Crippen LogP contribution in [0, 0.1) is 10.1 Å². The number of aromatic nitrogens is 1. The van der Waals surface area contributed by atoms with Gasteiger partial charge in [-0.05, 0) is 30.3 Å². The van der Waals surface area contributed by atoms with Gasteiger partial charge in [0, 0.05) is 21.2 Å². The van der Waals surface area contributed by atoms with Crippen molar-refractivity contribution in [1.82, 2.24) is 4.98 Å². The third-order valence-electron chi connectivity index (χ3n) is 3.13. The van der Waals surface area contributed by atoms with Gasteiger partial charge < -0.3 is 0 Å². The van der Waals surface area contributed by atoms with Crippen LogP contribution in [0.15, 0.2) is 57.1 Å². The molecule has 0 amide bonds. The molecule has 0 bridgehead atoms. The molecule has 0 spiro atoms. The molecule has 1 aliphatic rings. The molecule has 0 unspecified atom stereocenters. The quantitative estimate of drug-likeness (QED) is 0.624. The van der Waals surface area contributed by atoms with E-state index in [0.29, 0.717) is 17.1 Å². The number of halogens is 1. The van der Waals surface area contributed by atoms with Crippen molar-refractivity contribution in [2.45, 2.75) is 0 Å². The van der Waals surface area contributed by atoms with Gasteiger partial charge in [-0.3, -0.25) is 20.1 Å². The Morgan fingerprint density at radius 3 is 2.86 bits per heavy atom. The van der Waals surface area contributed by atoms with Gasteiger partial charge in [0.1, 0.15) is 5.71 Å². The van der Waals surface area contributed by atoms with Gasteiger partial charge >= 0.3 is 0 Å². The van der Waals surface area contributed by atoms with Gasteiger partial charge in [-0.25, -0.2) is 4.99 Å². The topological polar surface area (TPSA) is 80.8 Å². The molecule has 2 aromatic rings. The zero-order valence-corrected chi connectivity index (χ0v) is 13.0. The molecule has 7 heteroatoms.